The lowest BCUT2D eigenvalue weighted by Gasteiger charge is -2.22. The lowest BCUT2D eigenvalue weighted by atomic mass is 10.1. The fraction of sp³-hybridized carbons (Fsp3) is 0.211. The first-order chi connectivity index (χ1) is 12.8. The van der Waals surface area contributed by atoms with Gasteiger partial charge in [-0.15, -0.1) is 11.3 Å². The van der Waals surface area contributed by atoms with Crippen LogP contribution in [0.25, 0.3) is 21.1 Å². The Hall–Kier alpha value is -2.26. The molecule has 1 unspecified atom stereocenters. The quantitative estimate of drug-likeness (QED) is 0.516. The molecule has 0 radical (unpaired) electrons. The van der Waals surface area contributed by atoms with Gasteiger partial charge in [0.2, 0.25) is 10.0 Å². The average molecular weight is 402 g/mol. The van der Waals surface area contributed by atoms with Crippen LogP contribution < -0.4 is 4.72 Å². The number of hydrogen-bond donors (Lipinski definition) is 2. The summed E-state index contributed by atoms with van der Waals surface area (Å²) in [5.74, 6) is -0.313. The zero-order valence-electron chi connectivity index (χ0n) is 14.5. The van der Waals surface area contributed by atoms with Crippen molar-refractivity contribution < 1.29 is 18.0 Å². The molecule has 140 valence electrons. The van der Waals surface area contributed by atoms with Gasteiger partial charge in [-0.05, 0) is 36.6 Å². The Labute approximate surface area is 160 Å². The standard InChI is InChI=1S/C19H18N2O4S2/c1-19(22,18-10-13-6-2-5-9-17(13)26-18)12-20-27(23,24)11-15-14-7-3-4-8-16(14)25-21-15/h2-10,20,22H,11-12H2,1H3. The molecule has 2 N–H and O–H groups in total. The van der Waals surface area contributed by atoms with Crippen molar-refractivity contribution >= 4 is 42.4 Å². The van der Waals surface area contributed by atoms with Crippen LogP contribution in [0.5, 0.6) is 0 Å². The van der Waals surface area contributed by atoms with Gasteiger partial charge in [0.05, 0.1) is 0 Å². The highest BCUT2D eigenvalue weighted by Crippen LogP contribution is 2.33. The van der Waals surface area contributed by atoms with E-state index in [-0.39, 0.29) is 12.3 Å². The van der Waals surface area contributed by atoms with Crippen LogP contribution in [0.4, 0.5) is 0 Å². The maximum absolute atomic E-state index is 12.5. The number of hydrogen-bond acceptors (Lipinski definition) is 6. The summed E-state index contributed by atoms with van der Waals surface area (Å²) in [7, 11) is -3.70. The van der Waals surface area contributed by atoms with Crippen LogP contribution in [0.2, 0.25) is 0 Å². The summed E-state index contributed by atoms with van der Waals surface area (Å²) in [6.07, 6.45) is 0. The molecule has 0 spiro atoms. The Balaban J connectivity index is 1.50. The molecule has 4 aromatic rings. The third-order valence-corrected chi connectivity index (χ3v) is 6.98. The maximum Gasteiger partial charge on any atom is 0.217 e. The first-order valence-corrected chi connectivity index (χ1v) is 10.8. The fourth-order valence-electron chi connectivity index (χ4n) is 2.86. The second-order valence-corrected chi connectivity index (χ2v) is 9.52. The second-order valence-electron chi connectivity index (χ2n) is 6.63. The van der Waals surface area contributed by atoms with Crippen molar-refractivity contribution in [1.29, 1.82) is 0 Å². The van der Waals surface area contributed by atoms with Gasteiger partial charge >= 0.3 is 0 Å². The monoisotopic (exact) mass is 402 g/mol. The number of para-hydroxylation sites is 1. The zero-order valence-corrected chi connectivity index (χ0v) is 16.2. The van der Waals surface area contributed by atoms with Crippen molar-refractivity contribution in [2.75, 3.05) is 6.54 Å². The normalized spacial score (nSPS) is 14.6. The van der Waals surface area contributed by atoms with Crippen molar-refractivity contribution in [3.05, 3.63) is 65.2 Å². The van der Waals surface area contributed by atoms with Crippen LogP contribution in [0.15, 0.2) is 59.1 Å². The van der Waals surface area contributed by atoms with Crippen molar-refractivity contribution in [2.45, 2.75) is 18.3 Å². The Bertz CT molecular complexity index is 1180. The Morgan fingerprint density at radius 3 is 2.74 bits per heavy atom. The number of benzene rings is 2. The molecule has 2 aromatic heterocycles. The van der Waals surface area contributed by atoms with Gasteiger partial charge in [-0.2, -0.15) is 0 Å². The molecule has 1 atom stereocenters. The van der Waals surface area contributed by atoms with E-state index in [2.05, 4.69) is 9.88 Å². The highest BCUT2D eigenvalue weighted by atomic mass is 32.2. The predicted molar refractivity (Wildman–Crippen MR) is 106 cm³/mol. The highest BCUT2D eigenvalue weighted by Gasteiger charge is 2.28. The fourth-order valence-corrected chi connectivity index (χ4v) is 5.14. The molecule has 2 heterocycles. The van der Waals surface area contributed by atoms with Gasteiger partial charge in [0.1, 0.15) is 17.0 Å². The summed E-state index contributed by atoms with van der Waals surface area (Å²) in [4.78, 5) is 0.707. The van der Waals surface area contributed by atoms with Crippen LogP contribution >= 0.6 is 11.3 Å². The lowest BCUT2D eigenvalue weighted by Crippen LogP contribution is -2.38. The molecule has 6 nitrogen and oxygen atoms in total. The SMILES string of the molecule is CC(O)(CNS(=O)(=O)Cc1noc2ccccc12)c1cc2ccccc2s1. The molecule has 0 saturated carbocycles. The van der Waals surface area contributed by atoms with Gasteiger partial charge in [-0.3, -0.25) is 0 Å². The minimum Gasteiger partial charge on any atom is -0.383 e. The highest BCUT2D eigenvalue weighted by molar-refractivity contribution is 7.88. The molecule has 0 aliphatic heterocycles. The van der Waals surface area contributed by atoms with Crippen LogP contribution in [-0.2, 0) is 21.4 Å². The van der Waals surface area contributed by atoms with E-state index < -0.39 is 15.6 Å². The smallest absolute Gasteiger partial charge is 0.217 e. The predicted octanol–water partition coefficient (Wildman–Crippen LogP) is 3.37. The molecule has 8 heteroatoms. The zero-order chi connectivity index (χ0) is 19.1. The topological polar surface area (TPSA) is 92.4 Å². The number of sulfonamides is 1. The molecule has 0 aliphatic rings. The van der Waals surface area contributed by atoms with E-state index in [4.69, 9.17) is 4.52 Å². The van der Waals surface area contributed by atoms with Gasteiger partial charge in [0, 0.05) is 21.5 Å². The van der Waals surface area contributed by atoms with E-state index in [0.717, 1.165) is 10.1 Å². The van der Waals surface area contributed by atoms with E-state index in [1.165, 1.54) is 11.3 Å². The van der Waals surface area contributed by atoms with Gasteiger partial charge in [-0.25, -0.2) is 13.1 Å². The number of thiophene rings is 1. The molecular formula is C19H18N2O4S2. The molecule has 27 heavy (non-hydrogen) atoms. The Kier molecular flexibility index (Phi) is 4.51. The first kappa shape index (κ1) is 18.1. The van der Waals surface area contributed by atoms with Crippen molar-refractivity contribution in [1.82, 2.24) is 9.88 Å². The van der Waals surface area contributed by atoms with E-state index in [1.807, 2.05) is 30.3 Å². The lowest BCUT2D eigenvalue weighted by molar-refractivity contribution is 0.0666. The molecular weight excluding hydrogens is 384 g/mol. The Morgan fingerprint density at radius 2 is 1.93 bits per heavy atom. The van der Waals surface area contributed by atoms with E-state index in [0.29, 0.717) is 21.5 Å². The van der Waals surface area contributed by atoms with Crippen molar-refractivity contribution in [3.63, 3.8) is 0 Å². The van der Waals surface area contributed by atoms with Gasteiger partial charge < -0.3 is 9.63 Å². The maximum atomic E-state index is 12.5. The second kappa shape index (κ2) is 6.72. The van der Waals surface area contributed by atoms with Crippen molar-refractivity contribution in [3.8, 4) is 0 Å². The average Bonchev–Trinajstić information content (AvgIpc) is 3.25. The number of fused-ring (bicyclic) bond motifs is 2. The summed E-state index contributed by atoms with van der Waals surface area (Å²) in [5.41, 5.74) is -0.428. The van der Waals surface area contributed by atoms with Crippen LogP contribution in [-0.4, -0.2) is 25.2 Å². The van der Waals surface area contributed by atoms with Gasteiger partial charge in [0.25, 0.3) is 0 Å². The third-order valence-electron chi connectivity index (χ3n) is 4.37. The summed E-state index contributed by atoms with van der Waals surface area (Å²) < 4.78 is 33.7. The van der Waals surface area contributed by atoms with Gasteiger partial charge in [0.15, 0.2) is 5.58 Å². The van der Waals surface area contributed by atoms with E-state index in [1.54, 1.807) is 31.2 Å². The molecule has 0 amide bonds. The number of rotatable bonds is 6. The number of aromatic nitrogens is 1. The molecule has 2 aromatic carbocycles. The van der Waals surface area contributed by atoms with Crippen LogP contribution in [0.3, 0.4) is 0 Å². The minimum atomic E-state index is -3.70. The number of aliphatic hydroxyl groups is 1. The Morgan fingerprint density at radius 1 is 1.19 bits per heavy atom. The summed E-state index contributed by atoms with van der Waals surface area (Å²) in [5, 5.41) is 16.3. The molecule has 0 bridgehead atoms. The summed E-state index contributed by atoms with van der Waals surface area (Å²) in [6, 6.07) is 16.8. The van der Waals surface area contributed by atoms with E-state index >= 15 is 0 Å². The van der Waals surface area contributed by atoms with E-state index in [9.17, 15) is 13.5 Å². The third kappa shape index (κ3) is 3.74. The number of nitrogens with zero attached hydrogens (tertiary/aromatic N) is 1. The van der Waals surface area contributed by atoms with Crippen LogP contribution in [0.1, 0.15) is 17.5 Å². The van der Waals surface area contributed by atoms with Gasteiger partial charge in [-0.1, -0.05) is 35.5 Å². The first-order valence-electron chi connectivity index (χ1n) is 8.36. The molecule has 4 rings (SSSR count). The molecule has 0 saturated heterocycles. The summed E-state index contributed by atoms with van der Waals surface area (Å²) >= 11 is 1.45. The van der Waals surface area contributed by atoms with Crippen molar-refractivity contribution in [2.24, 2.45) is 0 Å². The van der Waals surface area contributed by atoms with Crippen LogP contribution in [0, 0.1) is 0 Å². The molecule has 0 aliphatic carbocycles. The largest absolute Gasteiger partial charge is 0.383 e. The number of nitrogens with one attached hydrogen (secondary N) is 1. The molecule has 0 fully saturated rings. The summed E-state index contributed by atoms with van der Waals surface area (Å²) in [6.45, 7) is 1.48. The minimum absolute atomic E-state index is 0.127.